The normalized spacial score (nSPS) is 11.6. The summed E-state index contributed by atoms with van der Waals surface area (Å²) in [6, 6.07) is 19.2. The number of halogens is 1. The quantitative estimate of drug-likeness (QED) is 0.265. The summed E-state index contributed by atoms with van der Waals surface area (Å²) in [5.41, 5.74) is 4.59. The van der Waals surface area contributed by atoms with Crippen LogP contribution in [0.4, 0.5) is 0 Å². The molecule has 0 heterocycles. The molecule has 0 aliphatic carbocycles. The third-order valence-corrected chi connectivity index (χ3v) is 5.63. The van der Waals surface area contributed by atoms with Gasteiger partial charge in [0.2, 0.25) is 0 Å². The van der Waals surface area contributed by atoms with Crippen molar-refractivity contribution < 1.29 is 23.8 Å². The molecule has 8 nitrogen and oxygen atoms in total. The molecule has 0 saturated heterocycles. The standard InChI is InChI=1S/C27H28BrN3O5/c1-4-35-24-15-20(14-23(28)25(24)36-17-19-8-6-5-7-9-19)16-29-31-26(32)18(2)30-27(33)21-10-12-22(34-3)13-11-21/h5-16,18H,4,17H2,1-3H3,(H,30,33)(H,31,32). The lowest BCUT2D eigenvalue weighted by Crippen LogP contribution is -2.43. The molecular formula is C27H28BrN3O5. The van der Waals surface area contributed by atoms with Crippen LogP contribution in [0.3, 0.4) is 0 Å². The van der Waals surface area contributed by atoms with Crippen LogP contribution in [0, 0.1) is 0 Å². The Bertz CT molecular complexity index is 1200. The molecule has 0 spiro atoms. The molecule has 0 radical (unpaired) electrons. The van der Waals surface area contributed by atoms with Gasteiger partial charge in [-0.3, -0.25) is 9.59 Å². The molecule has 1 unspecified atom stereocenters. The van der Waals surface area contributed by atoms with Crippen LogP contribution < -0.4 is 25.0 Å². The van der Waals surface area contributed by atoms with E-state index in [0.717, 1.165) is 5.56 Å². The molecule has 0 aliphatic heterocycles. The van der Waals surface area contributed by atoms with E-state index in [-0.39, 0.29) is 5.91 Å². The second-order valence-electron chi connectivity index (χ2n) is 7.70. The second kappa shape index (κ2) is 13.3. The monoisotopic (exact) mass is 553 g/mol. The van der Waals surface area contributed by atoms with Crippen LogP contribution in [0.25, 0.3) is 0 Å². The Hall–Kier alpha value is -3.85. The number of amides is 2. The highest BCUT2D eigenvalue weighted by Crippen LogP contribution is 2.37. The zero-order valence-corrected chi connectivity index (χ0v) is 21.9. The van der Waals surface area contributed by atoms with Crippen molar-refractivity contribution in [1.29, 1.82) is 0 Å². The van der Waals surface area contributed by atoms with Crippen LogP contribution in [0.5, 0.6) is 17.2 Å². The molecule has 0 aromatic heterocycles. The summed E-state index contributed by atoms with van der Waals surface area (Å²) in [4.78, 5) is 24.8. The first-order valence-electron chi connectivity index (χ1n) is 11.3. The van der Waals surface area contributed by atoms with Crippen molar-refractivity contribution in [2.24, 2.45) is 5.10 Å². The smallest absolute Gasteiger partial charge is 0.262 e. The summed E-state index contributed by atoms with van der Waals surface area (Å²) in [5.74, 6) is 0.940. The minimum Gasteiger partial charge on any atom is -0.497 e. The van der Waals surface area contributed by atoms with Crippen molar-refractivity contribution in [1.82, 2.24) is 10.7 Å². The second-order valence-corrected chi connectivity index (χ2v) is 8.55. The van der Waals surface area contributed by atoms with Gasteiger partial charge in [0.1, 0.15) is 18.4 Å². The summed E-state index contributed by atoms with van der Waals surface area (Å²) < 4.78 is 17.5. The van der Waals surface area contributed by atoms with Crippen molar-refractivity contribution in [3.63, 3.8) is 0 Å². The van der Waals surface area contributed by atoms with Gasteiger partial charge in [0.25, 0.3) is 11.8 Å². The number of ether oxygens (including phenoxy) is 3. The predicted octanol–water partition coefficient (Wildman–Crippen LogP) is 4.70. The Labute approximate surface area is 218 Å². The topological polar surface area (TPSA) is 98.2 Å². The van der Waals surface area contributed by atoms with Gasteiger partial charge in [0.15, 0.2) is 11.5 Å². The first-order valence-corrected chi connectivity index (χ1v) is 12.1. The van der Waals surface area contributed by atoms with Gasteiger partial charge in [0.05, 0.1) is 24.4 Å². The lowest BCUT2D eigenvalue weighted by molar-refractivity contribution is -0.122. The average Bonchev–Trinajstić information content (AvgIpc) is 2.89. The third-order valence-electron chi connectivity index (χ3n) is 5.04. The molecule has 2 amide bonds. The Balaban J connectivity index is 1.60. The van der Waals surface area contributed by atoms with Crippen LogP contribution in [0.1, 0.15) is 35.3 Å². The van der Waals surface area contributed by atoms with Gasteiger partial charge in [-0.25, -0.2) is 5.43 Å². The van der Waals surface area contributed by atoms with Gasteiger partial charge < -0.3 is 19.5 Å². The number of rotatable bonds is 11. The fourth-order valence-corrected chi connectivity index (χ4v) is 3.72. The molecule has 9 heteroatoms. The minimum atomic E-state index is -0.795. The molecule has 0 fully saturated rings. The molecule has 0 bridgehead atoms. The molecule has 0 aliphatic rings. The lowest BCUT2D eigenvalue weighted by Gasteiger charge is -2.15. The summed E-state index contributed by atoms with van der Waals surface area (Å²) in [7, 11) is 1.55. The number of carbonyl (C=O) groups excluding carboxylic acids is 2. The number of nitrogens with one attached hydrogen (secondary N) is 2. The summed E-state index contributed by atoms with van der Waals surface area (Å²) in [6.45, 7) is 4.31. The van der Waals surface area contributed by atoms with E-state index in [1.807, 2.05) is 43.3 Å². The van der Waals surface area contributed by atoms with Crippen molar-refractivity contribution in [2.75, 3.05) is 13.7 Å². The molecule has 36 heavy (non-hydrogen) atoms. The molecule has 3 rings (SSSR count). The van der Waals surface area contributed by atoms with Crippen LogP contribution in [-0.4, -0.2) is 37.8 Å². The van der Waals surface area contributed by atoms with Crippen LogP contribution in [-0.2, 0) is 11.4 Å². The average molecular weight is 554 g/mol. The van der Waals surface area contributed by atoms with Crippen LogP contribution >= 0.6 is 15.9 Å². The molecule has 188 valence electrons. The van der Waals surface area contributed by atoms with E-state index in [1.165, 1.54) is 6.21 Å². The maximum Gasteiger partial charge on any atom is 0.262 e. The van der Waals surface area contributed by atoms with Crippen molar-refractivity contribution in [3.8, 4) is 17.2 Å². The number of nitrogens with zero attached hydrogens (tertiary/aromatic N) is 1. The summed E-state index contributed by atoms with van der Waals surface area (Å²) in [6.07, 6.45) is 1.49. The number of methoxy groups -OCH3 is 1. The SMILES string of the molecule is CCOc1cc(C=NNC(=O)C(C)NC(=O)c2ccc(OC)cc2)cc(Br)c1OCc1ccccc1. The van der Waals surface area contributed by atoms with E-state index >= 15 is 0 Å². The van der Waals surface area contributed by atoms with Crippen molar-refractivity contribution >= 4 is 34.0 Å². The van der Waals surface area contributed by atoms with Gasteiger partial charge in [0, 0.05) is 5.56 Å². The summed E-state index contributed by atoms with van der Waals surface area (Å²) >= 11 is 3.53. The van der Waals surface area contributed by atoms with Crippen LogP contribution in [0.15, 0.2) is 76.3 Å². The van der Waals surface area contributed by atoms with E-state index in [0.29, 0.717) is 46.1 Å². The molecule has 1 atom stereocenters. The van der Waals surface area contributed by atoms with Gasteiger partial charge in [-0.05, 0) is 77.3 Å². The number of hydrazone groups is 1. The van der Waals surface area contributed by atoms with E-state index in [2.05, 4.69) is 31.8 Å². The fraction of sp³-hybridized carbons (Fsp3) is 0.222. The van der Waals surface area contributed by atoms with Gasteiger partial charge in [-0.15, -0.1) is 0 Å². The highest BCUT2D eigenvalue weighted by molar-refractivity contribution is 9.10. The Kier molecular flexibility index (Phi) is 9.88. The first kappa shape index (κ1) is 26.7. The highest BCUT2D eigenvalue weighted by atomic mass is 79.9. The van der Waals surface area contributed by atoms with Gasteiger partial charge in [-0.2, -0.15) is 5.10 Å². The Morgan fingerprint density at radius 2 is 1.78 bits per heavy atom. The van der Waals surface area contributed by atoms with Crippen LogP contribution in [0.2, 0.25) is 0 Å². The van der Waals surface area contributed by atoms with Gasteiger partial charge >= 0.3 is 0 Å². The van der Waals surface area contributed by atoms with Crippen molar-refractivity contribution in [2.45, 2.75) is 26.5 Å². The molecule has 2 N–H and O–H groups in total. The van der Waals surface area contributed by atoms with E-state index in [4.69, 9.17) is 14.2 Å². The number of carbonyl (C=O) groups is 2. The molecule has 0 saturated carbocycles. The predicted molar refractivity (Wildman–Crippen MR) is 142 cm³/mol. The molecule has 3 aromatic carbocycles. The third kappa shape index (κ3) is 7.58. The molecular weight excluding hydrogens is 526 g/mol. The van der Waals surface area contributed by atoms with Gasteiger partial charge in [-0.1, -0.05) is 30.3 Å². The number of hydrogen-bond acceptors (Lipinski definition) is 6. The zero-order chi connectivity index (χ0) is 25.9. The maximum absolute atomic E-state index is 12.4. The summed E-state index contributed by atoms with van der Waals surface area (Å²) in [5, 5.41) is 6.66. The number of benzene rings is 3. The van der Waals surface area contributed by atoms with E-state index < -0.39 is 11.9 Å². The highest BCUT2D eigenvalue weighted by Gasteiger charge is 2.16. The van der Waals surface area contributed by atoms with E-state index in [9.17, 15) is 9.59 Å². The Morgan fingerprint density at radius 3 is 2.44 bits per heavy atom. The maximum atomic E-state index is 12.4. The molecule has 3 aromatic rings. The number of hydrogen-bond donors (Lipinski definition) is 2. The van der Waals surface area contributed by atoms with E-state index in [1.54, 1.807) is 44.4 Å². The van der Waals surface area contributed by atoms with Crippen molar-refractivity contribution in [3.05, 3.63) is 87.9 Å². The minimum absolute atomic E-state index is 0.374. The fourth-order valence-electron chi connectivity index (χ4n) is 3.15. The first-order chi connectivity index (χ1) is 17.4. The zero-order valence-electron chi connectivity index (χ0n) is 20.3. The largest absolute Gasteiger partial charge is 0.497 e. The Morgan fingerprint density at radius 1 is 1.06 bits per heavy atom. The lowest BCUT2D eigenvalue weighted by atomic mass is 10.2.